The first-order chi connectivity index (χ1) is 31.8. The van der Waals surface area contributed by atoms with E-state index in [2.05, 4.69) is 125 Å². The number of hydrogen-bond donors (Lipinski definition) is 0. The summed E-state index contributed by atoms with van der Waals surface area (Å²) in [6, 6.07) is 26.2. The van der Waals surface area contributed by atoms with Crippen LogP contribution in [0.25, 0.3) is 44.8 Å². The van der Waals surface area contributed by atoms with E-state index in [1.165, 1.54) is 49.7 Å². The van der Waals surface area contributed by atoms with Gasteiger partial charge in [-0.25, -0.2) is 4.98 Å². The molecule has 0 aliphatic heterocycles. The maximum absolute atomic E-state index is 15.3. The zero-order valence-electron chi connectivity index (χ0n) is 42.5. The molecule has 13 rings (SSSR count). The number of methoxy groups -OCH3 is 1. The Morgan fingerprint density at radius 3 is 1.12 bits per heavy atom. The van der Waals surface area contributed by atoms with E-state index in [-0.39, 0.29) is 56.1 Å². The molecular formula is C62H75HfNO3. The molecule has 8 saturated carbocycles. The molecule has 5 heteroatoms. The molecule has 8 aliphatic carbocycles. The fourth-order valence-corrected chi connectivity index (χ4v) is 15.4. The summed E-state index contributed by atoms with van der Waals surface area (Å²) in [5.41, 5.74) is 13.2. The normalized spacial score (nSPS) is 28.0. The van der Waals surface area contributed by atoms with Gasteiger partial charge in [-0.1, -0.05) is 113 Å². The second kappa shape index (κ2) is 17.3. The van der Waals surface area contributed by atoms with E-state index >= 15 is 10.2 Å². The van der Waals surface area contributed by atoms with Crippen LogP contribution < -0.4 is 14.9 Å². The van der Waals surface area contributed by atoms with Crippen molar-refractivity contribution in [2.75, 3.05) is 7.11 Å². The van der Waals surface area contributed by atoms with Crippen LogP contribution in [0.3, 0.4) is 0 Å². The van der Waals surface area contributed by atoms with Crippen LogP contribution in [0.1, 0.15) is 152 Å². The van der Waals surface area contributed by atoms with Crippen LogP contribution in [-0.2, 0) is 44.6 Å². The molecule has 0 radical (unpaired) electrons. The maximum atomic E-state index is 15.3. The molecule has 8 fully saturated rings. The Morgan fingerprint density at radius 2 is 0.821 bits per heavy atom. The number of ether oxygens (including phenoxy) is 1. The van der Waals surface area contributed by atoms with Crippen molar-refractivity contribution in [1.29, 1.82) is 0 Å². The molecule has 4 nitrogen and oxygen atoms in total. The quantitative estimate of drug-likeness (QED) is 0.152. The SMILES string of the molecule is COc1cc(-c2cc(C(C)(C)C)ccc2-c2cc(C)cc(C34CC5CC(CC(C5)C3)C4)c2[O-])nc(-c2cc(C(C)(C)C)ccc2-c2cc(C)cc(C34CC5CC(CC(C5)C3)C4)c2[O-])c1.[CH3][Hf+2][CH3]. The first kappa shape index (κ1) is 47.0. The fourth-order valence-electron chi connectivity index (χ4n) is 15.4. The summed E-state index contributed by atoms with van der Waals surface area (Å²) in [6.07, 6.45) is 15.0. The van der Waals surface area contributed by atoms with Gasteiger partial charge < -0.3 is 14.9 Å². The first-order valence-electron chi connectivity index (χ1n) is 25.9. The number of hydrogen-bond acceptors (Lipinski definition) is 4. The van der Waals surface area contributed by atoms with E-state index in [0.29, 0.717) is 5.75 Å². The van der Waals surface area contributed by atoms with Gasteiger partial charge in [-0.3, -0.25) is 0 Å². The first-order valence-corrected chi connectivity index (χ1v) is 33.1. The second-order valence-electron chi connectivity index (χ2n) is 25.1. The monoisotopic (exact) mass is 1060 g/mol. The van der Waals surface area contributed by atoms with Crippen LogP contribution in [0.4, 0.5) is 0 Å². The fraction of sp³-hybridized carbons (Fsp3) is 0.532. The molecule has 0 amide bonds. The third-order valence-electron chi connectivity index (χ3n) is 17.6. The standard InChI is InChI=1S/C60H71NO3.2CH3.Hf/c1-34-14-49(55(62)51(16-34)59-28-36-18-37(29-59)20-38(19-36)30-59)45-12-10-42(57(3,4)5)24-47(45)53-26-44(64-9)27-54(61-53)48-25-43(58(6,7)8)11-13-46(48)50-15-35(2)17-52(56(50)63)60-31-39-21-40(32-60)23-41(22-39)33-60;;;/h10-17,24-27,36-41,62-63H,18-23,28-33H2,1-9H3;2*1H3;/q;;;+2/p-2. The summed E-state index contributed by atoms with van der Waals surface area (Å²) in [5, 5.41) is 30.5. The molecule has 0 spiro atoms. The van der Waals surface area contributed by atoms with E-state index in [0.717, 1.165) is 141 Å². The van der Waals surface area contributed by atoms with Gasteiger partial charge in [0.25, 0.3) is 0 Å². The number of aryl methyl sites for hydroxylation is 2. The van der Waals surface area contributed by atoms with Gasteiger partial charge in [0.05, 0.1) is 18.5 Å². The van der Waals surface area contributed by atoms with Gasteiger partial charge in [-0.05, 0) is 205 Å². The minimum absolute atomic E-state index is 0.0141. The Morgan fingerprint density at radius 1 is 0.493 bits per heavy atom. The van der Waals surface area contributed by atoms with Gasteiger partial charge in [0, 0.05) is 23.3 Å². The van der Waals surface area contributed by atoms with Crippen LogP contribution in [-0.4, -0.2) is 12.1 Å². The summed E-state index contributed by atoms with van der Waals surface area (Å²) in [4.78, 5) is 5.61. The number of benzene rings is 4. The van der Waals surface area contributed by atoms with E-state index < -0.39 is 0 Å². The number of rotatable bonds is 7. The summed E-state index contributed by atoms with van der Waals surface area (Å²) in [7, 11) is 1.73. The van der Waals surface area contributed by atoms with Crippen molar-refractivity contribution >= 4 is 0 Å². The van der Waals surface area contributed by atoms with E-state index in [9.17, 15) is 0 Å². The Bertz CT molecular complexity index is 2460. The topological polar surface area (TPSA) is 68.2 Å². The average molecular weight is 1060 g/mol. The van der Waals surface area contributed by atoms with Crippen molar-refractivity contribution in [3.63, 3.8) is 0 Å². The van der Waals surface area contributed by atoms with Crippen molar-refractivity contribution < 1.29 is 37.9 Å². The minimum atomic E-state index is -0.134. The van der Waals surface area contributed by atoms with Gasteiger partial charge in [-0.15, -0.1) is 0 Å². The molecule has 67 heavy (non-hydrogen) atoms. The predicted molar refractivity (Wildman–Crippen MR) is 270 cm³/mol. The average Bonchev–Trinajstić information content (AvgIpc) is 3.26. The van der Waals surface area contributed by atoms with Crippen molar-refractivity contribution in [1.82, 2.24) is 4.98 Å². The van der Waals surface area contributed by atoms with Gasteiger partial charge in [0.15, 0.2) is 0 Å². The van der Waals surface area contributed by atoms with Crippen molar-refractivity contribution in [2.45, 2.75) is 163 Å². The van der Waals surface area contributed by atoms with Crippen molar-refractivity contribution in [2.24, 2.45) is 35.5 Å². The zero-order valence-corrected chi connectivity index (χ0v) is 46.1. The molecule has 350 valence electrons. The summed E-state index contributed by atoms with van der Waals surface area (Å²) < 4.78 is 10.8. The van der Waals surface area contributed by atoms with Crippen LogP contribution in [0, 0.1) is 49.4 Å². The third kappa shape index (κ3) is 8.60. The van der Waals surface area contributed by atoms with E-state index in [1.807, 2.05) is 12.1 Å². The predicted octanol–water partition coefficient (Wildman–Crippen LogP) is 15.2. The molecule has 0 atom stereocenters. The molecule has 0 saturated heterocycles. The number of nitrogens with zero attached hydrogens (tertiary/aromatic N) is 1. The van der Waals surface area contributed by atoms with Crippen LogP contribution in [0.5, 0.6) is 17.2 Å². The second-order valence-corrected chi connectivity index (χ2v) is 28.7. The molecule has 8 bridgehead atoms. The van der Waals surface area contributed by atoms with E-state index in [1.54, 1.807) is 7.11 Å². The van der Waals surface area contributed by atoms with Gasteiger partial charge in [-0.2, -0.15) is 0 Å². The third-order valence-corrected chi connectivity index (χ3v) is 17.6. The summed E-state index contributed by atoms with van der Waals surface area (Å²) >= 11 is 0.0833. The van der Waals surface area contributed by atoms with Gasteiger partial charge >= 0.3 is 32.3 Å². The Kier molecular flexibility index (Phi) is 12.1. The van der Waals surface area contributed by atoms with Gasteiger partial charge in [0.1, 0.15) is 5.75 Å². The van der Waals surface area contributed by atoms with Crippen molar-refractivity contribution in [3.8, 4) is 62.0 Å². The molecule has 5 aromatic rings. The summed E-state index contributed by atoms with van der Waals surface area (Å²) in [5.74, 6) is 5.57. The summed E-state index contributed by atoms with van der Waals surface area (Å²) in [6.45, 7) is 17.8. The van der Waals surface area contributed by atoms with Crippen LogP contribution in [0.2, 0.25) is 9.36 Å². The number of pyridine rings is 1. The van der Waals surface area contributed by atoms with Gasteiger partial charge in [0.2, 0.25) is 0 Å². The molecular weight excluding hydrogens is 985 g/mol. The van der Waals surface area contributed by atoms with Crippen molar-refractivity contribution in [3.05, 3.63) is 106 Å². The molecule has 1 aromatic heterocycles. The molecule has 0 unspecified atom stereocenters. The van der Waals surface area contributed by atoms with E-state index in [4.69, 9.17) is 9.72 Å². The molecule has 1 heterocycles. The molecule has 0 N–H and O–H groups in total. The Balaban J connectivity index is 0.00000171. The number of aromatic nitrogens is 1. The Labute approximate surface area is 414 Å². The van der Waals surface area contributed by atoms with Crippen LogP contribution >= 0.6 is 0 Å². The van der Waals surface area contributed by atoms with Crippen LogP contribution in [0.15, 0.2) is 72.8 Å². The Hall–Kier alpha value is -3.70. The zero-order chi connectivity index (χ0) is 47.4. The molecule has 4 aromatic carbocycles. The molecule has 8 aliphatic rings.